The molecule has 2 N–H and O–H groups in total. The van der Waals surface area contributed by atoms with E-state index < -0.39 is 0 Å². The van der Waals surface area contributed by atoms with E-state index in [2.05, 4.69) is 0 Å². The monoisotopic (exact) mass is 310 g/mol. The second-order valence-electron chi connectivity index (χ2n) is 4.95. The van der Waals surface area contributed by atoms with Crippen LogP contribution >= 0.6 is 11.6 Å². The molecule has 5 heteroatoms. The molecule has 21 heavy (non-hydrogen) atoms. The summed E-state index contributed by atoms with van der Waals surface area (Å²) in [7, 11) is 6.00. The third-order valence-electron chi connectivity index (χ3n) is 2.24. The average molecular weight is 311 g/mol. The summed E-state index contributed by atoms with van der Waals surface area (Å²) in [5.74, 6) is 0.250. The van der Waals surface area contributed by atoms with Gasteiger partial charge in [-0.2, -0.15) is 0 Å². The number of benzene rings is 2. The summed E-state index contributed by atoms with van der Waals surface area (Å²) in [5.41, 5.74) is 6.89. The van der Waals surface area contributed by atoms with Crippen molar-refractivity contribution in [3.05, 3.63) is 58.9 Å². The minimum absolute atomic E-state index is 0.265. The van der Waals surface area contributed by atoms with Gasteiger partial charge in [0.25, 0.3) is 0 Å². The van der Waals surface area contributed by atoms with Gasteiger partial charge in [0, 0.05) is 5.69 Å². The predicted molar refractivity (Wildman–Crippen MR) is 86.2 cm³/mol. The Balaban J connectivity index is 0.000000491. The lowest BCUT2D eigenvalue weighted by Crippen LogP contribution is -1.99. The van der Waals surface area contributed by atoms with Crippen LogP contribution in [-0.2, 0) is 6.61 Å². The number of anilines is 1. The molecule has 0 amide bonds. The van der Waals surface area contributed by atoms with E-state index in [1.165, 1.54) is 12.1 Å². The van der Waals surface area contributed by atoms with Gasteiger partial charge in [0.2, 0.25) is 0 Å². The number of hydrogen-bond acceptors (Lipinski definition) is 3. The van der Waals surface area contributed by atoms with Crippen molar-refractivity contribution >= 4 is 17.3 Å². The summed E-state index contributed by atoms with van der Waals surface area (Å²) in [6, 6.07) is 11.2. The molecule has 2 aromatic carbocycles. The number of halogens is 2. The maximum absolute atomic E-state index is 12.9. The Morgan fingerprint density at radius 3 is 2.38 bits per heavy atom. The van der Waals surface area contributed by atoms with E-state index in [9.17, 15) is 4.39 Å². The fourth-order valence-corrected chi connectivity index (χ4v) is 1.67. The van der Waals surface area contributed by atoms with E-state index in [1.807, 2.05) is 26.0 Å². The molecule has 3 nitrogen and oxygen atoms in total. The predicted octanol–water partition coefficient (Wildman–Crippen LogP) is 3.82. The van der Waals surface area contributed by atoms with E-state index in [1.54, 1.807) is 30.3 Å². The van der Waals surface area contributed by atoms with Gasteiger partial charge in [-0.05, 0) is 57.0 Å². The molecule has 0 aromatic heterocycles. The highest BCUT2D eigenvalue weighted by Crippen LogP contribution is 2.27. The molecule has 0 aliphatic carbocycles. The van der Waals surface area contributed by atoms with Crippen LogP contribution in [-0.4, -0.2) is 26.0 Å². The van der Waals surface area contributed by atoms with E-state index in [-0.39, 0.29) is 12.4 Å². The van der Waals surface area contributed by atoms with Crippen LogP contribution < -0.4 is 10.5 Å². The topological polar surface area (TPSA) is 38.5 Å². The minimum atomic E-state index is -0.283. The Morgan fingerprint density at radius 2 is 1.81 bits per heavy atom. The first kappa shape index (κ1) is 17.3. The molecule has 0 saturated carbocycles. The van der Waals surface area contributed by atoms with Crippen molar-refractivity contribution in [2.24, 2.45) is 0 Å². The Bertz CT molecular complexity index is 573. The zero-order chi connectivity index (χ0) is 15.8. The van der Waals surface area contributed by atoms with Crippen molar-refractivity contribution in [2.75, 3.05) is 26.9 Å². The average Bonchev–Trinajstić information content (AvgIpc) is 2.37. The van der Waals surface area contributed by atoms with Crippen LogP contribution in [0.4, 0.5) is 10.1 Å². The highest BCUT2D eigenvalue weighted by atomic mass is 35.5. The Labute approximate surface area is 130 Å². The first-order valence-corrected chi connectivity index (χ1v) is 6.79. The molecule has 0 spiro atoms. The fourth-order valence-electron chi connectivity index (χ4n) is 1.42. The SMILES string of the molecule is CN(C)C.Nc1ccc(OCc2cccc(F)c2)c(Cl)c1. The van der Waals surface area contributed by atoms with Gasteiger partial charge in [0.1, 0.15) is 18.2 Å². The van der Waals surface area contributed by atoms with Crippen LogP contribution in [0.25, 0.3) is 0 Å². The van der Waals surface area contributed by atoms with Gasteiger partial charge >= 0.3 is 0 Å². The van der Waals surface area contributed by atoms with Gasteiger partial charge in [0.15, 0.2) is 0 Å². The zero-order valence-corrected chi connectivity index (χ0v) is 13.2. The van der Waals surface area contributed by atoms with E-state index in [0.29, 0.717) is 16.5 Å². The number of ether oxygens (including phenoxy) is 1. The van der Waals surface area contributed by atoms with Crippen LogP contribution in [0.1, 0.15) is 5.56 Å². The van der Waals surface area contributed by atoms with Crippen molar-refractivity contribution in [1.29, 1.82) is 0 Å². The van der Waals surface area contributed by atoms with Gasteiger partial charge < -0.3 is 15.4 Å². The molecule has 0 aliphatic heterocycles. The van der Waals surface area contributed by atoms with Crippen LogP contribution in [0.2, 0.25) is 5.02 Å². The maximum atomic E-state index is 12.9. The fraction of sp³-hybridized carbons (Fsp3) is 0.250. The van der Waals surface area contributed by atoms with Gasteiger partial charge in [-0.25, -0.2) is 4.39 Å². The standard InChI is InChI=1S/C13H11ClFNO.C3H9N/c14-12-7-11(16)4-5-13(12)17-8-9-2-1-3-10(15)6-9;1-4(2)3/h1-7H,8,16H2;1-3H3. The minimum Gasteiger partial charge on any atom is -0.487 e. The molecular weight excluding hydrogens is 291 g/mol. The second-order valence-corrected chi connectivity index (χ2v) is 5.36. The third-order valence-corrected chi connectivity index (χ3v) is 2.53. The molecule has 0 heterocycles. The van der Waals surface area contributed by atoms with Crippen molar-refractivity contribution in [2.45, 2.75) is 6.61 Å². The molecule has 0 aliphatic rings. The Kier molecular flexibility index (Phi) is 6.99. The molecule has 0 radical (unpaired) electrons. The second kappa shape index (κ2) is 8.49. The summed E-state index contributed by atoms with van der Waals surface area (Å²) < 4.78 is 18.4. The summed E-state index contributed by atoms with van der Waals surface area (Å²) in [6.07, 6.45) is 0. The summed E-state index contributed by atoms with van der Waals surface area (Å²) in [4.78, 5) is 2.00. The molecule has 2 aromatic rings. The molecule has 114 valence electrons. The van der Waals surface area contributed by atoms with Crippen LogP contribution in [0, 0.1) is 5.82 Å². The molecule has 0 bridgehead atoms. The Hall–Kier alpha value is -1.78. The number of nitrogens with two attached hydrogens (primary N) is 1. The van der Waals surface area contributed by atoms with Gasteiger partial charge in [-0.3, -0.25) is 0 Å². The highest BCUT2D eigenvalue weighted by molar-refractivity contribution is 6.32. The van der Waals surface area contributed by atoms with Gasteiger partial charge in [-0.1, -0.05) is 23.7 Å². The Morgan fingerprint density at radius 1 is 1.14 bits per heavy atom. The lowest BCUT2D eigenvalue weighted by molar-refractivity contribution is 0.306. The van der Waals surface area contributed by atoms with Gasteiger partial charge in [-0.15, -0.1) is 0 Å². The highest BCUT2D eigenvalue weighted by Gasteiger charge is 2.02. The molecule has 0 atom stereocenters. The van der Waals surface area contributed by atoms with Crippen molar-refractivity contribution in [1.82, 2.24) is 4.90 Å². The molecule has 0 unspecified atom stereocenters. The first-order chi connectivity index (χ1) is 9.88. The largest absolute Gasteiger partial charge is 0.487 e. The number of rotatable bonds is 3. The summed E-state index contributed by atoms with van der Waals surface area (Å²) in [6.45, 7) is 0.265. The normalized spacial score (nSPS) is 10.0. The number of hydrogen-bond donors (Lipinski definition) is 1. The maximum Gasteiger partial charge on any atom is 0.138 e. The molecule has 0 fully saturated rings. The summed E-state index contributed by atoms with van der Waals surface area (Å²) in [5, 5.41) is 0.446. The van der Waals surface area contributed by atoms with Crippen LogP contribution in [0.15, 0.2) is 42.5 Å². The van der Waals surface area contributed by atoms with Gasteiger partial charge in [0.05, 0.1) is 5.02 Å². The smallest absolute Gasteiger partial charge is 0.138 e. The third kappa shape index (κ3) is 6.97. The van der Waals surface area contributed by atoms with Crippen molar-refractivity contribution in [3.8, 4) is 5.75 Å². The van der Waals surface area contributed by atoms with Crippen LogP contribution in [0.5, 0.6) is 5.75 Å². The molecule has 2 rings (SSSR count). The quantitative estimate of drug-likeness (QED) is 0.876. The van der Waals surface area contributed by atoms with Crippen molar-refractivity contribution in [3.63, 3.8) is 0 Å². The van der Waals surface area contributed by atoms with E-state index >= 15 is 0 Å². The lowest BCUT2D eigenvalue weighted by atomic mass is 10.2. The molecular formula is C16H20ClFN2O. The van der Waals surface area contributed by atoms with Crippen molar-refractivity contribution < 1.29 is 9.13 Å². The zero-order valence-electron chi connectivity index (χ0n) is 12.4. The van der Waals surface area contributed by atoms with E-state index in [0.717, 1.165) is 5.56 Å². The molecule has 0 saturated heterocycles. The van der Waals surface area contributed by atoms with E-state index in [4.69, 9.17) is 22.1 Å². The lowest BCUT2D eigenvalue weighted by Gasteiger charge is -2.08. The number of nitrogen functional groups attached to an aromatic ring is 1. The first-order valence-electron chi connectivity index (χ1n) is 6.41. The van der Waals surface area contributed by atoms with Crippen LogP contribution in [0.3, 0.4) is 0 Å². The number of nitrogens with zero attached hydrogens (tertiary/aromatic N) is 1. The summed E-state index contributed by atoms with van der Waals surface area (Å²) >= 11 is 5.95.